The van der Waals surface area contributed by atoms with Crippen molar-refractivity contribution in [1.29, 1.82) is 0 Å². The van der Waals surface area contributed by atoms with Crippen molar-refractivity contribution in [2.45, 2.75) is 32.7 Å². The Morgan fingerprint density at radius 3 is 2.94 bits per heavy atom. The molecule has 1 N–H and O–H groups in total. The lowest BCUT2D eigenvalue weighted by Crippen LogP contribution is -2.29. The minimum absolute atomic E-state index is 0.534. The van der Waals surface area contributed by atoms with E-state index in [0.717, 1.165) is 35.7 Å². The van der Waals surface area contributed by atoms with Crippen LogP contribution in [0.25, 0.3) is 0 Å². The van der Waals surface area contributed by atoms with Gasteiger partial charge in [0.1, 0.15) is 12.4 Å². The number of hydrogen-bond donors (Lipinski definition) is 1. The van der Waals surface area contributed by atoms with E-state index in [1.54, 1.807) is 0 Å². The molecule has 1 atom stereocenters. The van der Waals surface area contributed by atoms with Gasteiger partial charge < -0.3 is 10.1 Å². The Morgan fingerprint density at radius 2 is 2.28 bits per heavy atom. The number of ether oxygens (including phenoxy) is 1. The smallest absolute Gasteiger partial charge is 0.122 e. The lowest BCUT2D eigenvalue weighted by atomic mass is 10.1. The van der Waals surface area contributed by atoms with Gasteiger partial charge in [0, 0.05) is 17.6 Å². The molecule has 0 bridgehead atoms. The molecule has 0 aliphatic carbocycles. The third-order valence-electron chi connectivity index (χ3n) is 2.85. The van der Waals surface area contributed by atoms with Gasteiger partial charge in [-0.1, -0.05) is 24.6 Å². The van der Waals surface area contributed by atoms with Crippen LogP contribution >= 0.6 is 11.6 Å². The fourth-order valence-electron chi connectivity index (χ4n) is 1.61. The molecule has 0 aliphatic heterocycles. The fourth-order valence-corrected chi connectivity index (χ4v) is 1.81. The molecule has 0 unspecified atom stereocenters. The van der Waals surface area contributed by atoms with Gasteiger partial charge in [-0.25, -0.2) is 0 Å². The van der Waals surface area contributed by atoms with Crippen molar-refractivity contribution in [2.24, 2.45) is 0 Å². The summed E-state index contributed by atoms with van der Waals surface area (Å²) >= 11 is 5.97. The maximum Gasteiger partial charge on any atom is 0.122 e. The summed E-state index contributed by atoms with van der Waals surface area (Å²) in [6, 6.07) is 6.24. The molecule has 100 valence electrons. The molecule has 0 heterocycles. The van der Waals surface area contributed by atoms with Gasteiger partial charge in [-0.15, -0.1) is 6.58 Å². The van der Waals surface area contributed by atoms with Gasteiger partial charge in [0.05, 0.1) is 0 Å². The minimum atomic E-state index is 0.534. The molecule has 0 amide bonds. The Bertz CT molecular complexity index is 379. The van der Waals surface area contributed by atoms with Crippen LogP contribution in [0.5, 0.6) is 5.75 Å². The van der Waals surface area contributed by atoms with E-state index in [0.29, 0.717) is 12.6 Å². The number of halogens is 1. The average molecular weight is 268 g/mol. The first kappa shape index (κ1) is 15.1. The van der Waals surface area contributed by atoms with Gasteiger partial charge in [0.15, 0.2) is 0 Å². The molecule has 3 heteroatoms. The number of nitrogens with one attached hydrogen (secondary N) is 1. The van der Waals surface area contributed by atoms with E-state index in [1.807, 2.05) is 24.3 Å². The second-order valence-corrected chi connectivity index (χ2v) is 4.79. The largest absolute Gasteiger partial charge is 0.492 e. The van der Waals surface area contributed by atoms with Crippen LogP contribution in [-0.2, 0) is 6.42 Å². The predicted molar refractivity (Wildman–Crippen MR) is 78.6 cm³/mol. The zero-order chi connectivity index (χ0) is 13.4. The monoisotopic (exact) mass is 267 g/mol. The highest BCUT2D eigenvalue weighted by atomic mass is 35.5. The molecule has 1 aromatic rings. The summed E-state index contributed by atoms with van der Waals surface area (Å²) in [5.74, 6) is 0.894. The Labute approximate surface area is 115 Å². The van der Waals surface area contributed by atoms with Crippen LogP contribution in [0, 0.1) is 0 Å². The second-order valence-electron chi connectivity index (χ2n) is 4.36. The molecule has 1 aromatic carbocycles. The summed E-state index contributed by atoms with van der Waals surface area (Å²) in [5, 5.41) is 4.13. The van der Waals surface area contributed by atoms with Crippen LogP contribution in [0.1, 0.15) is 25.8 Å². The van der Waals surface area contributed by atoms with Gasteiger partial charge in [-0.3, -0.25) is 0 Å². The first-order chi connectivity index (χ1) is 8.67. The highest BCUT2D eigenvalue weighted by molar-refractivity contribution is 6.30. The summed E-state index contributed by atoms with van der Waals surface area (Å²) in [6.45, 7) is 9.60. The van der Waals surface area contributed by atoms with Crippen molar-refractivity contribution in [3.05, 3.63) is 41.4 Å². The lowest BCUT2D eigenvalue weighted by molar-refractivity contribution is 0.304. The summed E-state index contributed by atoms with van der Waals surface area (Å²) in [4.78, 5) is 0. The zero-order valence-corrected chi connectivity index (χ0v) is 12.0. The van der Waals surface area contributed by atoms with Crippen LogP contribution in [0.15, 0.2) is 30.9 Å². The molecule has 0 saturated heterocycles. The lowest BCUT2D eigenvalue weighted by Gasteiger charge is -2.14. The summed E-state index contributed by atoms with van der Waals surface area (Å²) in [5.41, 5.74) is 1.08. The van der Waals surface area contributed by atoms with E-state index in [4.69, 9.17) is 16.3 Å². The molecule has 0 aromatic heterocycles. The van der Waals surface area contributed by atoms with Gasteiger partial charge in [0.25, 0.3) is 0 Å². The van der Waals surface area contributed by atoms with E-state index in [1.165, 1.54) is 0 Å². The average Bonchev–Trinajstić information content (AvgIpc) is 2.36. The van der Waals surface area contributed by atoms with Gasteiger partial charge in [0.2, 0.25) is 0 Å². The standard InChI is InChI=1S/C15H22ClNO/c1-4-6-13-11-14(16)7-8-15(13)18-10-9-17-12(3)5-2/h4,7-8,11-12,17H,1,5-6,9-10H2,2-3H3/t12-/m0/s1. The van der Waals surface area contributed by atoms with E-state index in [9.17, 15) is 0 Å². The van der Waals surface area contributed by atoms with E-state index in [2.05, 4.69) is 25.7 Å². The maximum atomic E-state index is 5.97. The van der Waals surface area contributed by atoms with Crippen molar-refractivity contribution in [3.8, 4) is 5.75 Å². The molecule has 1 rings (SSSR count). The third-order valence-corrected chi connectivity index (χ3v) is 3.09. The van der Waals surface area contributed by atoms with Crippen molar-refractivity contribution < 1.29 is 4.74 Å². The molecule has 0 fully saturated rings. The van der Waals surface area contributed by atoms with E-state index in [-0.39, 0.29) is 0 Å². The molecular weight excluding hydrogens is 246 g/mol. The van der Waals surface area contributed by atoms with Gasteiger partial charge in [-0.05, 0) is 43.5 Å². The first-order valence-electron chi connectivity index (χ1n) is 6.42. The zero-order valence-electron chi connectivity index (χ0n) is 11.2. The molecule has 18 heavy (non-hydrogen) atoms. The normalized spacial score (nSPS) is 12.2. The minimum Gasteiger partial charge on any atom is -0.492 e. The summed E-state index contributed by atoms with van der Waals surface area (Å²) < 4.78 is 5.77. The summed E-state index contributed by atoms with van der Waals surface area (Å²) in [6.07, 6.45) is 3.76. The summed E-state index contributed by atoms with van der Waals surface area (Å²) in [7, 11) is 0. The highest BCUT2D eigenvalue weighted by Crippen LogP contribution is 2.23. The Kier molecular flexibility index (Phi) is 6.84. The van der Waals surface area contributed by atoms with Crippen molar-refractivity contribution >= 4 is 11.6 Å². The highest BCUT2D eigenvalue weighted by Gasteiger charge is 2.04. The SMILES string of the molecule is C=CCc1cc(Cl)ccc1OCCN[C@@H](C)CC. The number of hydrogen-bond acceptors (Lipinski definition) is 2. The van der Waals surface area contributed by atoms with E-state index >= 15 is 0 Å². The molecule has 0 saturated carbocycles. The molecular formula is C15H22ClNO. The molecule has 2 nitrogen and oxygen atoms in total. The Hall–Kier alpha value is -0.990. The Balaban J connectivity index is 2.48. The Morgan fingerprint density at radius 1 is 1.50 bits per heavy atom. The van der Waals surface area contributed by atoms with Crippen LogP contribution in [-0.4, -0.2) is 19.2 Å². The fraction of sp³-hybridized carbons (Fsp3) is 0.467. The number of benzene rings is 1. The third kappa shape index (κ3) is 5.11. The van der Waals surface area contributed by atoms with Crippen LogP contribution in [0.4, 0.5) is 0 Å². The van der Waals surface area contributed by atoms with Gasteiger partial charge >= 0.3 is 0 Å². The topological polar surface area (TPSA) is 21.3 Å². The van der Waals surface area contributed by atoms with Crippen LogP contribution in [0.2, 0.25) is 5.02 Å². The van der Waals surface area contributed by atoms with E-state index < -0.39 is 0 Å². The number of allylic oxidation sites excluding steroid dienone is 1. The maximum absolute atomic E-state index is 5.97. The predicted octanol–water partition coefficient (Wildman–Crippen LogP) is 3.84. The molecule has 0 radical (unpaired) electrons. The van der Waals surface area contributed by atoms with Crippen LogP contribution < -0.4 is 10.1 Å². The molecule has 0 spiro atoms. The van der Waals surface area contributed by atoms with Crippen molar-refractivity contribution in [2.75, 3.05) is 13.2 Å². The van der Waals surface area contributed by atoms with Gasteiger partial charge in [-0.2, -0.15) is 0 Å². The van der Waals surface area contributed by atoms with Crippen molar-refractivity contribution in [1.82, 2.24) is 5.32 Å². The second kappa shape index (κ2) is 8.17. The quantitative estimate of drug-likeness (QED) is 0.571. The first-order valence-corrected chi connectivity index (χ1v) is 6.80. The van der Waals surface area contributed by atoms with Crippen molar-refractivity contribution in [3.63, 3.8) is 0 Å². The molecule has 0 aliphatic rings. The van der Waals surface area contributed by atoms with Crippen LogP contribution in [0.3, 0.4) is 0 Å². The number of rotatable bonds is 8.